The predicted molar refractivity (Wildman–Crippen MR) is 78.9 cm³/mol. The third-order valence-corrected chi connectivity index (χ3v) is 4.00. The normalized spacial score (nSPS) is 10.8. The Kier molecular flexibility index (Phi) is 3.26. The molecular weight excluding hydrogens is 288 g/mol. The maximum absolute atomic E-state index is 11.4. The molecule has 0 saturated heterocycles. The second-order valence-electron chi connectivity index (χ2n) is 4.62. The summed E-state index contributed by atoms with van der Waals surface area (Å²) < 4.78 is 1.47. The Hall–Kier alpha value is -2.54. The van der Waals surface area contributed by atoms with Crippen LogP contribution >= 0.6 is 11.3 Å². The summed E-state index contributed by atoms with van der Waals surface area (Å²) in [6.07, 6.45) is 1.65. The number of nitrogens with zero attached hydrogens (tertiary/aromatic N) is 4. The van der Waals surface area contributed by atoms with Crippen molar-refractivity contribution in [1.29, 1.82) is 0 Å². The highest BCUT2D eigenvalue weighted by atomic mass is 32.1. The molecule has 1 aromatic carbocycles. The summed E-state index contributed by atoms with van der Waals surface area (Å²) in [6, 6.07) is 5.76. The topological polar surface area (TPSA) is 80.9 Å². The minimum absolute atomic E-state index is 0.0755. The summed E-state index contributed by atoms with van der Waals surface area (Å²) in [4.78, 5) is 15.6. The highest BCUT2D eigenvalue weighted by Gasteiger charge is 2.22. The second-order valence-corrected chi connectivity index (χ2v) is 5.49. The highest BCUT2D eigenvalue weighted by molar-refractivity contribution is 7.12. The van der Waals surface area contributed by atoms with E-state index in [0.717, 1.165) is 16.7 Å². The van der Waals surface area contributed by atoms with Crippen LogP contribution in [0.5, 0.6) is 0 Å². The van der Waals surface area contributed by atoms with E-state index in [1.807, 2.05) is 37.4 Å². The Bertz CT molecular complexity index is 809. The van der Waals surface area contributed by atoms with Crippen molar-refractivity contribution in [3.8, 4) is 16.4 Å². The summed E-state index contributed by atoms with van der Waals surface area (Å²) in [6.45, 7) is 3.99. The predicted octanol–water partition coefficient (Wildman–Crippen LogP) is 2.71. The van der Waals surface area contributed by atoms with Crippen LogP contribution in [0.25, 0.3) is 16.4 Å². The largest absolute Gasteiger partial charge is 0.476 e. The number of benzene rings is 1. The number of hydrogen-bond donors (Lipinski definition) is 1. The molecule has 3 aromatic rings. The number of hydrogen-bond acceptors (Lipinski definition) is 5. The van der Waals surface area contributed by atoms with Crippen molar-refractivity contribution in [3.63, 3.8) is 0 Å². The molecule has 2 aromatic heterocycles. The van der Waals surface area contributed by atoms with Crippen molar-refractivity contribution in [2.45, 2.75) is 13.8 Å². The van der Waals surface area contributed by atoms with Crippen LogP contribution < -0.4 is 0 Å². The van der Waals surface area contributed by atoms with Crippen molar-refractivity contribution < 1.29 is 9.90 Å². The fourth-order valence-corrected chi connectivity index (χ4v) is 2.62. The third-order valence-electron chi connectivity index (χ3n) is 3.25. The molecule has 0 unspecified atom stereocenters. The van der Waals surface area contributed by atoms with Gasteiger partial charge in [-0.25, -0.2) is 9.78 Å². The van der Waals surface area contributed by atoms with Crippen LogP contribution in [0, 0.1) is 13.8 Å². The van der Waals surface area contributed by atoms with Crippen LogP contribution in [0.1, 0.15) is 21.6 Å². The van der Waals surface area contributed by atoms with E-state index in [0.29, 0.717) is 10.8 Å². The molecule has 0 aliphatic rings. The van der Waals surface area contributed by atoms with Gasteiger partial charge in [-0.1, -0.05) is 17.3 Å². The fraction of sp³-hybridized carbons (Fsp3) is 0.143. The monoisotopic (exact) mass is 300 g/mol. The highest BCUT2D eigenvalue weighted by Crippen LogP contribution is 2.27. The molecule has 0 aliphatic carbocycles. The molecule has 2 heterocycles. The van der Waals surface area contributed by atoms with Gasteiger partial charge in [0.25, 0.3) is 0 Å². The third kappa shape index (κ3) is 2.31. The summed E-state index contributed by atoms with van der Waals surface area (Å²) in [5.41, 5.74) is 3.35. The zero-order valence-corrected chi connectivity index (χ0v) is 12.3. The molecule has 0 atom stereocenters. The average molecular weight is 300 g/mol. The molecule has 0 fully saturated rings. The van der Waals surface area contributed by atoms with E-state index >= 15 is 0 Å². The van der Waals surface area contributed by atoms with E-state index in [1.165, 1.54) is 16.0 Å². The summed E-state index contributed by atoms with van der Waals surface area (Å²) in [5.74, 6) is -1.11. The molecule has 21 heavy (non-hydrogen) atoms. The molecular formula is C14H12N4O2S. The fourth-order valence-electron chi connectivity index (χ4n) is 2.03. The zero-order chi connectivity index (χ0) is 15.0. The Morgan fingerprint density at radius 1 is 1.29 bits per heavy atom. The van der Waals surface area contributed by atoms with Gasteiger partial charge in [-0.15, -0.1) is 16.4 Å². The zero-order valence-electron chi connectivity index (χ0n) is 11.4. The van der Waals surface area contributed by atoms with Gasteiger partial charge in [-0.3, -0.25) is 0 Å². The molecule has 1 N–H and O–H groups in total. The van der Waals surface area contributed by atoms with Gasteiger partial charge in [0.15, 0.2) is 5.69 Å². The summed E-state index contributed by atoms with van der Waals surface area (Å²) >= 11 is 1.37. The molecule has 0 aliphatic heterocycles. The first kappa shape index (κ1) is 13.4. The molecule has 0 bridgehead atoms. The van der Waals surface area contributed by atoms with Crippen LogP contribution in [0.4, 0.5) is 0 Å². The smallest absolute Gasteiger partial charge is 0.358 e. The van der Waals surface area contributed by atoms with E-state index in [4.69, 9.17) is 0 Å². The maximum Gasteiger partial charge on any atom is 0.358 e. The van der Waals surface area contributed by atoms with Crippen molar-refractivity contribution in [1.82, 2.24) is 20.0 Å². The van der Waals surface area contributed by atoms with Gasteiger partial charge >= 0.3 is 5.97 Å². The first-order chi connectivity index (χ1) is 10.1. The lowest BCUT2D eigenvalue weighted by Gasteiger charge is -2.07. The SMILES string of the molecule is Cc1ccc(-c2c(C(=O)O)nnn2-c2nccs2)cc1C. The average Bonchev–Trinajstić information content (AvgIpc) is 3.09. The molecule has 0 amide bonds. The van der Waals surface area contributed by atoms with Crippen LogP contribution in [0.2, 0.25) is 0 Å². The number of carboxylic acid groups (broad SMARTS) is 1. The van der Waals surface area contributed by atoms with Gasteiger partial charge in [0.1, 0.15) is 5.69 Å². The molecule has 3 rings (SSSR count). The first-order valence-corrected chi connectivity index (χ1v) is 7.12. The minimum Gasteiger partial charge on any atom is -0.476 e. The number of aromatic carboxylic acids is 1. The number of carbonyl (C=O) groups is 1. The molecule has 7 heteroatoms. The second kappa shape index (κ2) is 5.10. The van der Waals surface area contributed by atoms with Crippen LogP contribution in [-0.2, 0) is 0 Å². The van der Waals surface area contributed by atoms with Gasteiger partial charge in [-0.05, 0) is 31.0 Å². The molecule has 106 valence electrons. The maximum atomic E-state index is 11.4. The Morgan fingerprint density at radius 3 is 2.71 bits per heavy atom. The van der Waals surface area contributed by atoms with Crippen molar-refractivity contribution >= 4 is 17.3 Å². The number of carboxylic acids is 1. The van der Waals surface area contributed by atoms with E-state index in [2.05, 4.69) is 15.3 Å². The number of thiazole rings is 1. The van der Waals surface area contributed by atoms with Crippen molar-refractivity contribution in [3.05, 3.63) is 46.6 Å². The van der Waals surface area contributed by atoms with Gasteiger partial charge in [-0.2, -0.15) is 4.68 Å². The quantitative estimate of drug-likeness (QED) is 0.804. The van der Waals surface area contributed by atoms with E-state index in [1.54, 1.807) is 6.20 Å². The van der Waals surface area contributed by atoms with Gasteiger partial charge in [0.2, 0.25) is 5.13 Å². The lowest BCUT2D eigenvalue weighted by molar-refractivity contribution is 0.0691. The van der Waals surface area contributed by atoms with Crippen LogP contribution in [-0.4, -0.2) is 31.1 Å². The number of aromatic nitrogens is 4. The summed E-state index contributed by atoms with van der Waals surface area (Å²) in [7, 11) is 0. The van der Waals surface area contributed by atoms with E-state index < -0.39 is 5.97 Å². The van der Waals surface area contributed by atoms with Crippen molar-refractivity contribution in [2.24, 2.45) is 0 Å². The van der Waals surface area contributed by atoms with Crippen molar-refractivity contribution in [2.75, 3.05) is 0 Å². The Morgan fingerprint density at radius 2 is 2.10 bits per heavy atom. The van der Waals surface area contributed by atoms with Gasteiger partial charge in [0.05, 0.1) is 0 Å². The molecule has 0 saturated carbocycles. The Balaban J connectivity index is 2.26. The van der Waals surface area contributed by atoms with Gasteiger partial charge < -0.3 is 5.11 Å². The van der Waals surface area contributed by atoms with Gasteiger partial charge in [0, 0.05) is 17.1 Å². The number of aryl methyl sites for hydroxylation is 2. The standard InChI is InChI=1S/C14H12N4O2S/c1-8-3-4-10(7-9(8)2)12-11(13(19)20)16-17-18(12)14-15-5-6-21-14/h3-7H,1-2H3,(H,19,20). The number of rotatable bonds is 3. The lowest BCUT2D eigenvalue weighted by Crippen LogP contribution is -2.03. The van der Waals surface area contributed by atoms with E-state index in [-0.39, 0.29) is 5.69 Å². The molecule has 0 radical (unpaired) electrons. The summed E-state index contributed by atoms with van der Waals surface area (Å²) in [5, 5.41) is 19.4. The first-order valence-electron chi connectivity index (χ1n) is 6.24. The van der Waals surface area contributed by atoms with Crippen LogP contribution in [0.3, 0.4) is 0 Å². The Labute approximate surface area is 124 Å². The molecule has 6 nitrogen and oxygen atoms in total. The molecule has 0 spiro atoms. The van der Waals surface area contributed by atoms with Crippen LogP contribution in [0.15, 0.2) is 29.8 Å². The minimum atomic E-state index is -1.11. The lowest BCUT2D eigenvalue weighted by atomic mass is 10.0. The van der Waals surface area contributed by atoms with E-state index in [9.17, 15) is 9.90 Å².